The van der Waals surface area contributed by atoms with Crippen molar-refractivity contribution in [3.8, 4) is 33.9 Å². The second-order valence-corrected chi connectivity index (χ2v) is 30.2. The van der Waals surface area contributed by atoms with Gasteiger partial charge in [-0.15, -0.1) is 18.7 Å². The summed E-state index contributed by atoms with van der Waals surface area (Å²) in [6, 6.07) is 34.0. The van der Waals surface area contributed by atoms with E-state index in [1.807, 2.05) is 45.0 Å². The maximum atomic E-state index is 10.7. The first-order chi connectivity index (χ1) is 29.9. The van der Waals surface area contributed by atoms with Gasteiger partial charge in [0.05, 0.1) is 10.4 Å². The maximum absolute atomic E-state index is 10.7. The van der Waals surface area contributed by atoms with Crippen LogP contribution in [0.15, 0.2) is 109 Å². The van der Waals surface area contributed by atoms with Gasteiger partial charge in [-0.2, -0.15) is 13.2 Å². The number of hydrogen-bond donors (Lipinski definition) is 0. The van der Waals surface area contributed by atoms with Crippen molar-refractivity contribution >= 4 is 26.6 Å². The Labute approximate surface area is 437 Å². The maximum Gasteiger partial charge on any atom is 1.00 e. The van der Waals surface area contributed by atoms with Crippen molar-refractivity contribution < 1.29 is 86.9 Å². The molecule has 2 aromatic heterocycles. The standard InChI is InChI=1S/2C21H26N3.C6H18NSi2.CHF3O3S.K/c2*1-15(2)18-12-9-13-19(16(3)4)21(18)24-14-20(23(5)22-24)17-10-7-6-8-11-17;1-8(2,3)7-9(4,5)6;2-1(3,4)8(5,6)7;/h2*6-16H,1-5H3;1-6H3;(H,5,6,7);/q2*+1;-1;;+1/p-1. The number of halogens is 3. The fourth-order valence-corrected chi connectivity index (χ4v) is 15.4. The average molecular weight is 989 g/mol. The first-order valence-corrected chi connectivity index (χ1v) is 30.3. The van der Waals surface area contributed by atoms with Crippen LogP contribution >= 0.6 is 0 Å². The van der Waals surface area contributed by atoms with Crippen molar-refractivity contribution in [3.05, 3.63) is 136 Å². The number of para-hydroxylation sites is 2. The summed E-state index contributed by atoms with van der Waals surface area (Å²) in [6.45, 7) is 31.7. The summed E-state index contributed by atoms with van der Waals surface area (Å²) in [5.41, 5.74) is 6.74. The van der Waals surface area contributed by atoms with Gasteiger partial charge >= 0.3 is 56.9 Å². The summed E-state index contributed by atoms with van der Waals surface area (Å²) in [4.78, 5) is 0. The zero-order valence-electron chi connectivity index (χ0n) is 42.1. The van der Waals surface area contributed by atoms with Crippen LogP contribution in [0.25, 0.3) is 38.5 Å². The first kappa shape index (κ1) is 59.0. The van der Waals surface area contributed by atoms with E-state index in [-0.39, 0.29) is 51.4 Å². The van der Waals surface area contributed by atoms with Crippen LogP contribution in [-0.4, -0.2) is 54.7 Å². The molecule has 6 rings (SSSR count). The van der Waals surface area contributed by atoms with E-state index >= 15 is 0 Å². The quantitative estimate of drug-likeness (QED) is 0.0588. The zero-order chi connectivity index (χ0) is 49.2. The van der Waals surface area contributed by atoms with Crippen LogP contribution < -0.4 is 60.7 Å². The smallest absolute Gasteiger partial charge is 0.741 e. The molecule has 4 aromatic carbocycles. The van der Waals surface area contributed by atoms with E-state index in [4.69, 9.17) is 28.0 Å². The summed E-state index contributed by atoms with van der Waals surface area (Å²) in [7, 11) is -4.29. The van der Waals surface area contributed by atoms with Crippen LogP contribution in [0.2, 0.25) is 39.3 Å². The fourth-order valence-electron chi connectivity index (χ4n) is 7.35. The number of hydrogen-bond acceptors (Lipinski definition) is 5. The Kier molecular flexibility index (Phi) is 22.3. The summed E-state index contributed by atoms with van der Waals surface area (Å²) in [5, 5.41) is 9.55. The van der Waals surface area contributed by atoms with E-state index < -0.39 is 32.1 Å². The normalized spacial score (nSPS) is 11.9. The van der Waals surface area contributed by atoms with Gasteiger partial charge in [-0.05, 0) is 23.7 Å². The molecular formula is C49H70F3KN7O3SSi2+. The van der Waals surface area contributed by atoms with Crippen molar-refractivity contribution in [1.82, 2.24) is 19.8 Å². The van der Waals surface area contributed by atoms with E-state index in [0.717, 1.165) is 11.4 Å². The van der Waals surface area contributed by atoms with Crippen molar-refractivity contribution in [3.63, 3.8) is 0 Å². The van der Waals surface area contributed by atoms with E-state index in [0.29, 0.717) is 23.7 Å². The van der Waals surface area contributed by atoms with Crippen molar-refractivity contribution in [2.45, 2.75) is 124 Å². The Morgan fingerprint density at radius 1 is 0.545 bits per heavy atom. The predicted octanol–water partition coefficient (Wildman–Crippen LogP) is 9.31. The fraction of sp³-hybridized carbons (Fsp3) is 0.429. The molecule has 0 N–H and O–H groups in total. The van der Waals surface area contributed by atoms with Crippen LogP contribution in [0.3, 0.4) is 0 Å². The summed E-state index contributed by atoms with van der Waals surface area (Å²) < 4.78 is 71.7. The number of benzene rings is 4. The molecule has 0 aliphatic rings. The van der Waals surface area contributed by atoms with Crippen LogP contribution in [0.1, 0.15) is 101 Å². The Balaban J connectivity index is 0.000000335. The van der Waals surface area contributed by atoms with Gasteiger partial charge in [-0.3, -0.25) is 0 Å². The molecule has 0 unspecified atom stereocenters. The summed E-state index contributed by atoms with van der Waals surface area (Å²) in [6.07, 6.45) is 4.28. The van der Waals surface area contributed by atoms with E-state index in [9.17, 15) is 13.2 Å². The van der Waals surface area contributed by atoms with Crippen LogP contribution in [0.5, 0.6) is 0 Å². The molecule has 0 amide bonds. The van der Waals surface area contributed by atoms with Crippen molar-refractivity contribution in [1.29, 1.82) is 0 Å². The molecule has 0 aliphatic carbocycles. The predicted molar refractivity (Wildman–Crippen MR) is 263 cm³/mol. The van der Waals surface area contributed by atoms with Gasteiger partial charge in [0.2, 0.25) is 0 Å². The van der Waals surface area contributed by atoms with E-state index in [1.165, 1.54) is 44.8 Å². The molecule has 0 bridgehead atoms. The number of rotatable bonds is 10. The Morgan fingerprint density at radius 2 is 0.803 bits per heavy atom. The third-order valence-corrected chi connectivity index (χ3v) is 15.8. The number of nitrogens with zero attached hydrogens (tertiary/aromatic N) is 7. The molecule has 0 radical (unpaired) electrons. The monoisotopic (exact) mass is 988 g/mol. The van der Waals surface area contributed by atoms with Crippen LogP contribution in [0, 0.1) is 0 Å². The number of aryl methyl sites for hydroxylation is 2. The Bertz CT molecular complexity index is 2350. The molecule has 0 atom stereocenters. The Hall–Kier alpha value is -3.11. The summed E-state index contributed by atoms with van der Waals surface area (Å²) >= 11 is 0. The van der Waals surface area contributed by atoms with Gasteiger partial charge in [-0.1, -0.05) is 208 Å². The van der Waals surface area contributed by atoms with Crippen molar-refractivity contribution in [2.75, 3.05) is 0 Å². The molecule has 17 heteroatoms. The summed E-state index contributed by atoms with van der Waals surface area (Å²) in [5.74, 6) is 1.81. The molecule has 0 saturated carbocycles. The minimum atomic E-state index is -6.09. The third-order valence-electron chi connectivity index (χ3n) is 9.88. The molecular weight excluding hydrogens is 919 g/mol. The van der Waals surface area contributed by atoms with Crippen LogP contribution in [-0.2, 0) is 24.2 Å². The molecule has 0 fully saturated rings. The topological polar surface area (TPSA) is 115 Å². The number of aromatic nitrogens is 6. The second kappa shape index (κ2) is 25.0. The molecule has 0 spiro atoms. The van der Waals surface area contributed by atoms with Gasteiger partial charge in [0.25, 0.3) is 0 Å². The average Bonchev–Trinajstić information content (AvgIpc) is 3.78. The molecule has 0 aliphatic heterocycles. The van der Waals surface area contributed by atoms with Crippen LogP contribution in [0.4, 0.5) is 13.2 Å². The number of alkyl halides is 3. The molecule has 66 heavy (non-hydrogen) atoms. The van der Waals surface area contributed by atoms with Gasteiger partial charge in [0, 0.05) is 33.4 Å². The minimum absolute atomic E-state index is 0. The SMILES string of the molecule is CC(C)c1cccc(C(C)C)c1-[n+]1cc(-c2ccccc2)n(C)n1.CC(C)c1cccc(C(C)C)c1-[n+]1cc(-c2ccccc2)n(C)n1.C[Si](C)(C)[N-][Si](C)(C)C.O=S(=O)([O-])C(F)(F)F.[K+]. The second-order valence-electron chi connectivity index (χ2n) is 19.2. The molecule has 354 valence electrons. The largest absolute Gasteiger partial charge is 1.00 e. The molecule has 0 saturated heterocycles. The van der Waals surface area contributed by atoms with Gasteiger partial charge in [0.1, 0.15) is 14.1 Å². The van der Waals surface area contributed by atoms with Crippen molar-refractivity contribution in [2.24, 2.45) is 14.1 Å². The van der Waals surface area contributed by atoms with E-state index in [1.54, 1.807) is 0 Å². The minimum Gasteiger partial charge on any atom is -0.741 e. The molecule has 10 nitrogen and oxygen atoms in total. The zero-order valence-corrected chi connectivity index (χ0v) is 48.0. The molecule has 2 heterocycles. The van der Waals surface area contributed by atoms with Gasteiger partial charge in [0.15, 0.2) is 45.3 Å². The first-order valence-electron chi connectivity index (χ1n) is 22.0. The van der Waals surface area contributed by atoms with Gasteiger partial charge in [-0.25, -0.2) is 8.42 Å². The molecule has 6 aromatic rings. The third kappa shape index (κ3) is 17.4. The Morgan fingerprint density at radius 3 is 1.00 bits per heavy atom. The van der Waals surface area contributed by atoms with E-state index in [2.05, 4.69) is 192 Å². The van der Waals surface area contributed by atoms with Gasteiger partial charge < -0.3 is 9.20 Å².